The summed E-state index contributed by atoms with van der Waals surface area (Å²) < 4.78 is 0. The highest BCUT2D eigenvalue weighted by Gasteiger charge is 2.31. The van der Waals surface area contributed by atoms with Crippen LogP contribution in [0.1, 0.15) is 5.56 Å². The van der Waals surface area contributed by atoms with Crippen molar-refractivity contribution >= 4 is 22.9 Å². The molecule has 9 heteroatoms. The third-order valence-corrected chi connectivity index (χ3v) is 4.13. The molecule has 3 aromatic rings. The number of rotatable bonds is 4. The number of nitrogens with two attached hydrogens (primary N) is 1. The van der Waals surface area contributed by atoms with Gasteiger partial charge in [-0.1, -0.05) is 23.3 Å². The van der Waals surface area contributed by atoms with Crippen LogP contribution < -0.4 is 28.1 Å². The molecule has 0 aliphatic carbocycles. The molecule has 0 radical (unpaired) electrons. The summed E-state index contributed by atoms with van der Waals surface area (Å²) in [6, 6.07) is 22.7. The van der Waals surface area contributed by atoms with Crippen molar-refractivity contribution in [1.82, 2.24) is 0 Å². The lowest BCUT2D eigenvalue weighted by Gasteiger charge is -2.23. The van der Waals surface area contributed by atoms with Crippen molar-refractivity contribution in [2.75, 3.05) is 10.2 Å². The van der Waals surface area contributed by atoms with Crippen molar-refractivity contribution in [2.24, 2.45) is 5.10 Å². The molecule has 1 aliphatic rings. The molecule has 1 heterocycles. The highest BCUT2D eigenvalue weighted by molar-refractivity contribution is 5.94. The maximum absolute atomic E-state index is 10.9. The van der Waals surface area contributed by atoms with Gasteiger partial charge in [-0.15, -0.1) is 10.2 Å². The lowest BCUT2D eigenvalue weighted by molar-refractivity contribution is -0.545. The minimum Gasteiger partial charge on any atom is -1.00 e. The zero-order valence-corrected chi connectivity index (χ0v) is 15.3. The van der Waals surface area contributed by atoms with Crippen LogP contribution in [0.3, 0.4) is 0 Å². The fourth-order valence-corrected chi connectivity index (χ4v) is 2.77. The van der Waals surface area contributed by atoms with Gasteiger partial charge in [0.05, 0.1) is 16.2 Å². The second kappa shape index (κ2) is 7.95. The van der Waals surface area contributed by atoms with E-state index in [1.165, 1.54) is 12.1 Å². The third-order valence-electron chi connectivity index (χ3n) is 4.13. The van der Waals surface area contributed by atoms with Gasteiger partial charge in [-0.25, -0.2) is 0 Å². The van der Waals surface area contributed by atoms with Crippen LogP contribution in [0.2, 0.25) is 0 Å². The van der Waals surface area contributed by atoms with Crippen LogP contribution in [0.25, 0.3) is 0 Å². The largest absolute Gasteiger partial charge is 1.00 e. The summed E-state index contributed by atoms with van der Waals surface area (Å²) in [6.45, 7) is 0. The maximum Gasteiger partial charge on any atom is 0.277 e. The van der Waals surface area contributed by atoms with Gasteiger partial charge >= 0.3 is 0 Å². The van der Waals surface area contributed by atoms with Crippen LogP contribution in [0.5, 0.6) is 5.75 Å². The number of quaternary nitrogens is 1. The predicted octanol–water partition coefficient (Wildman–Crippen LogP) is -0.614. The van der Waals surface area contributed by atoms with Crippen LogP contribution >= 0.6 is 0 Å². The number of nitro groups is 1. The monoisotopic (exact) mass is 397 g/mol. The van der Waals surface area contributed by atoms with Gasteiger partial charge in [0.25, 0.3) is 11.5 Å². The number of hydrogen-bond donors (Lipinski definition) is 2. The van der Waals surface area contributed by atoms with Gasteiger partial charge < -0.3 is 17.5 Å². The molecule has 0 atom stereocenters. The van der Waals surface area contributed by atoms with Crippen molar-refractivity contribution in [3.05, 3.63) is 94.5 Å². The number of hydrazone groups is 1. The number of hydrazine groups is 1. The Labute approximate surface area is 166 Å². The molecule has 0 unspecified atom stereocenters. The van der Waals surface area contributed by atoms with Crippen molar-refractivity contribution in [3.63, 3.8) is 0 Å². The summed E-state index contributed by atoms with van der Waals surface area (Å²) in [4.78, 5) is 10.4. The number of nitro benzene ring substituents is 1. The quantitative estimate of drug-likeness (QED) is 0.347. The summed E-state index contributed by atoms with van der Waals surface area (Å²) in [5, 5.41) is 28.7. The van der Waals surface area contributed by atoms with Crippen molar-refractivity contribution in [2.45, 2.75) is 0 Å². The number of anilines is 2. The molecule has 142 valence electrons. The summed E-state index contributed by atoms with van der Waals surface area (Å²) in [6.07, 6.45) is 0. The second-order valence-electron chi connectivity index (χ2n) is 5.90. The number of halogens is 1. The molecule has 8 nitrogen and oxygen atoms in total. The van der Waals surface area contributed by atoms with E-state index in [1.807, 2.05) is 40.9 Å². The maximum atomic E-state index is 10.9. The van der Waals surface area contributed by atoms with Gasteiger partial charge in [0, 0.05) is 12.1 Å². The van der Waals surface area contributed by atoms with Crippen molar-refractivity contribution < 1.29 is 27.9 Å². The zero-order chi connectivity index (χ0) is 18.8. The Bertz CT molecular complexity index is 994. The smallest absolute Gasteiger partial charge is 0.277 e. The Morgan fingerprint density at radius 3 is 2.14 bits per heavy atom. The number of hydrogen-bond acceptors (Lipinski definition) is 6. The standard InChI is InChI=1S/C19H15N5O3.ClH/c25-18-12-10-16(11-13-18)23-21-19(14-6-8-17(9-7-14)24(26)27)20-22(23)15-4-2-1-3-5-15;/h1-13,25H,(H,20,21);1H. The first kappa shape index (κ1) is 19.2. The molecule has 0 fully saturated rings. The lowest BCUT2D eigenvalue weighted by atomic mass is 10.2. The molecule has 4 rings (SSSR count). The summed E-state index contributed by atoms with van der Waals surface area (Å²) in [5.74, 6) is 0.842. The number of non-ortho nitro benzene ring substituents is 1. The Hall–Kier alpha value is -3.62. The number of para-hydroxylation sites is 1. The Balaban J connectivity index is 0.00000225. The number of benzene rings is 3. The van der Waals surface area contributed by atoms with E-state index in [2.05, 4.69) is 5.10 Å². The Morgan fingerprint density at radius 1 is 0.893 bits per heavy atom. The first-order valence-electron chi connectivity index (χ1n) is 8.23. The van der Waals surface area contributed by atoms with Gasteiger partial charge in [0.15, 0.2) is 0 Å². The highest BCUT2D eigenvalue weighted by Crippen LogP contribution is 2.24. The first-order chi connectivity index (χ1) is 13.1. The van der Waals surface area contributed by atoms with Crippen LogP contribution in [-0.2, 0) is 0 Å². The minimum absolute atomic E-state index is 0. The SMILES string of the molecule is O=[N+]([O-])c1ccc(C2=NN(c3ccc(O)cc3)N(c3ccccc3)[NH2+]2)cc1.[Cl-]. The average Bonchev–Trinajstić information content (AvgIpc) is 3.15. The Kier molecular flexibility index (Phi) is 5.44. The van der Waals surface area contributed by atoms with Crippen LogP contribution in [0.4, 0.5) is 17.1 Å². The molecule has 3 N–H and O–H groups in total. The number of phenols is 1. The molecule has 0 bridgehead atoms. The molecule has 28 heavy (non-hydrogen) atoms. The van der Waals surface area contributed by atoms with E-state index in [4.69, 9.17) is 0 Å². The summed E-state index contributed by atoms with van der Waals surface area (Å²) >= 11 is 0. The fourth-order valence-electron chi connectivity index (χ4n) is 2.77. The molecule has 1 aliphatic heterocycles. The lowest BCUT2D eigenvalue weighted by Crippen LogP contribution is -3.00. The van der Waals surface area contributed by atoms with E-state index >= 15 is 0 Å². The van der Waals surface area contributed by atoms with Gasteiger partial charge in [-0.2, -0.15) is 5.43 Å². The van der Waals surface area contributed by atoms with Gasteiger partial charge in [0.2, 0.25) is 0 Å². The second-order valence-corrected chi connectivity index (χ2v) is 5.90. The average molecular weight is 398 g/mol. The molecule has 0 amide bonds. The highest BCUT2D eigenvalue weighted by atomic mass is 35.5. The molecule has 0 spiro atoms. The third kappa shape index (κ3) is 3.73. The van der Waals surface area contributed by atoms with Crippen molar-refractivity contribution in [3.8, 4) is 5.75 Å². The molecule has 3 aromatic carbocycles. The normalized spacial score (nSPS) is 13.1. The predicted molar refractivity (Wildman–Crippen MR) is 101 cm³/mol. The van der Waals surface area contributed by atoms with Crippen LogP contribution in [0.15, 0.2) is 84.0 Å². The number of phenolic OH excluding ortho intramolecular Hbond substituents is 1. The summed E-state index contributed by atoms with van der Waals surface area (Å²) in [7, 11) is 0. The number of aromatic hydroxyl groups is 1. The first-order valence-corrected chi connectivity index (χ1v) is 8.23. The van der Waals surface area contributed by atoms with E-state index in [1.54, 1.807) is 41.5 Å². The molecular formula is C19H16ClN5O3. The van der Waals surface area contributed by atoms with Crippen molar-refractivity contribution in [1.29, 1.82) is 0 Å². The summed E-state index contributed by atoms with van der Waals surface area (Å²) in [5.41, 5.74) is 4.34. The molecule has 0 aromatic heterocycles. The molecule has 0 saturated carbocycles. The molecular weight excluding hydrogens is 382 g/mol. The Morgan fingerprint density at radius 2 is 1.54 bits per heavy atom. The van der Waals surface area contributed by atoms with Crippen LogP contribution in [-0.4, -0.2) is 15.9 Å². The van der Waals surface area contributed by atoms with Crippen LogP contribution in [0, 0.1) is 10.1 Å². The number of nitrogens with zero attached hydrogens (tertiary/aromatic N) is 4. The van der Waals surface area contributed by atoms with E-state index in [0.717, 1.165) is 16.9 Å². The molecule has 0 saturated heterocycles. The minimum atomic E-state index is -0.428. The van der Waals surface area contributed by atoms with Gasteiger partial charge in [-0.3, -0.25) is 10.1 Å². The van der Waals surface area contributed by atoms with E-state index in [-0.39, 0.29) is 23.8 Å². The van der Waals surface area contributed by atoms with Gasteiger partial charge in [-0.05, 0) is 48.5 Å². The zero-order valence-electron chi connectivity index (χ0n) is 14.5. The number of amidine groups is 1. The van der Waals surface area contributed by atoms with E-state index < -0.39 is 4.92 Å². The van der Waals surface area contributed by atoms with Gasteiger partial charge in [0.1, 0.15) is 11.4 Å². The van der Waals surface area contributed by atoms with E-state index in [9.17, 15) is 15.2 Å². The topological polar surface area (TPSA) is 98.8 Å². The van der Waals surface area contributed by atoms with E-state index in [0.29, 0.717) is 5.84 Å². The fraction of sp³-hybridized carbons (Fsp3) is 0.